The van der Waals surface area contributed by atoms with Crippen molar-refractivity contribution in [2.24, 2.45) is 5.92 Å². The van der Waals surface area contributed by atoms with Gasteiger partial charge in [0.25, 0.3) is 0 Å². The summed E-state index contributed by atoms with van der Waals surface area (Å²) in [7, 11) is 1.52. The zero-order valence-electron chi connectivity index (χ0n) is 16.3. The molecule has 1 aliphatic heterocycles. The lowest BCUT2D eigenvalue weighted by Gasteiger charge is -2.31. The predicted molar refractivity (Wildman–Crippen MR) is 97.5 cm³/mol. The first kappa shape index (κ1) is 21.3. The summed E-state index contributed by atoms with van der Waals surface area (Å²) in [6.07, 6.45) is 0.884. The van der Waals surface area contributed by atoms with Crippen molar-refractivity contribution >= 4 is 23.5 Å². The number of carboxylic acids is 1. The molecule has 11 nitrogen and oxygen atoms in total. The van der Waals surface area contributed by atoms with E-state index in [0.29, 0.717) is 37.3 Å². The van der Waals surface area contributed by atoms with Gasteiger partial charge in [-0.3, -0.25) is 29.2 Å². The molecule has 28 heavy (non-hydrogen) atoms. The molecule has 1 fully saturated rings. The number of hydrogen-bond donors (Lipinski definition) is 1. The van der Waals surface area contributed by atoms with Gasteiger partial charge in [0, 0.05) is 26.6 Å². The molecule has 2 rings (SSSR count). The van der Waals surface area contributed by atoms with Crippen molar-refractivity contribution in [1.29, 1.82) is 0 Å². The number of likely N-dealkylation sites (tertiary alicyclic amines) is 1. The van der Waals surface area contributed by atoms with E-state index in [9.17, 15) is 24.5 Å². The van der Waals surface area contributed by atoms with E-state index in [1.165, 1.54) is 16.6 Å². The summed E-state index contributed by atoms with van der Waals surface area (Å²) in [5.41, 5.74) is 0.624. The number of piperidine rings is 1. The van der Waals surface area contributed by atoms with Crippen LogP contribution < -0.4 is 0 Å². The van der Waals surface area contributed by atoms with Crippen LogP contribution in [0.2, 0.25) is 0 Å². The first-order valence-corrected chi connectivity index (χ1v) is 9.04. The molecule has 1 aliphatic rings. The van der Waals surface area contributed by atoms with Crippen LogP contribution in [0.25, 0.3) is 0 Å². The second-order valence-corrected chi connectivity index (χ2v) is 6.99. The molecule has 1 aromatic heterocycles. The van der Waals surface area contributed by atoms with E-state index in [1.807, 2.05) is 0 Å². The lowest BCUT2D eigenvalue weighted by atomic mass is 9.97. The van der Waals surface area contributed by atoms with Gasteiger partial charge in [-0.25, -0.2) is 0 Å². The summed E-state index contributed by atoms with van der Waals surface area (Å²) in [6.45, 7) is 3.95. The zero-order chi connectivity index (χ0) is 21.0. The highest BCUT2D eigenvalue weighted by atomic mass is 16.6. The number of likely N-dealkylation sites (N-methyl/N-ethyl adjacent to an activating group) is 1. The van der Waals surface area contributed by atoms with Gasteiger partial charge in [0.1, 0.15) is 11.4 Å². The van der Waals surface area contributed by atoms with E-state index >= 15 is 0 Å². The van der Waals surface area contributed by atoms with Crippen LogP contribution in [-0.4, -0.2) is 74.1 Å². The number of nitro groups is 1. The molecule has 0 aliphatic carbocycles. The maximum Gasteiger partial charge on any atom is 0.312 e. The molecular weight excluding hydrogens is 370 g/mol. The largest absolute Gasteiger partial charge is 0.481 e. The van der Waals surface area contributed by atoms with Gasteiger partial charge in [0.2, 0.25) is 11.8 Å². The number of aromatic nitrogens is 2. The zero-order valence-corrected chi connectivity index (χ0v) is 16.3. The van der Waals surface area contributed by atoms with Crippen LogP contribution in [0.5, 0.6) is 0 Å². The van der Waals surface area contributed by atoms with Crippen LogP contribution in [0, 0.1) is 29.9 Å². The van der Waals surface area contributed by atoms with Crippen molar-refractivity contribution < 1.29 is 24.4 Å². The summed E-state index contributed by atoms with van der Waals surface area (Å²) in [4.78, 5) is 49.0. The number of carboxylic acid groups (broad SMARTS) is 1. The molecule has 2 amide bonds. The Morgan fingerprint density at radius 1 is 1.29 bits per heavy atom. The highest BCUT2D eigenvalue weighted by Gasteiger charge is 2.28. The highest BCUT2D eigenvalue weighted by molar-refractivity contribution is 5.84. The van der Waals surface area contributed by atoms with Crippen molar-refractivity contribution in [3.8, 4) is 0 Å². The minimum Gasteiger partial charge on any atom is -0.481 e. The molecule has 0 atom stereocenters. The topological polar surface area (TPSA) is 139 Å². The number of hydrogen-bond acceptors (Lipinski definition) is 6. The van der Waals surface area contributed by atoms with E-state index in [0.717, 1.165) is 0 Å². The van der Waals surface area contributed by atoms with E-state index in [2.05, 4.69) is 5.10 Å². The smallest absolute Gasteiger partial charge is 0.312 e. The number of rotatable bonds is 7. The molecule has 0 bridgehead atoms. The fourth-order valence-electron chi connectivity index (χ4n) is 3.33. The van der Waals surface area contributed by atoms with Crippen LogP contribution in [-0.2, 0) is 20.9 Å². The molecule has 1 saturated heterocycles. The first-order chi connectivity index (χ1) is 13.1. The lowest BCUT2D eigenvalue weighted by molar-refractivity contribution is -0.386. The van der Waals surface area contributed by atoms with Crippen molar-refractivity contribution in [2.75, 3.05) is 26.7 Å². The van der Waals surface area contributed by atoms with Crippen molar-refractivity contribution in [3.05, 3.63) is 21.5 Å². The third-order valence-electron chi connectivity index (χ3n) is 5.06. The number of aliphatic carboxylic acids is 1. The fraction of sp³-hybridized carbons (Fsp3) is 0.647. The number of nitrogens with zero attached hydrogens (tertiary/aromatic N) is 5. The Hall–Kier alpha value is -2.98. The maximum atomic E-state index is 12.3. The summed E-state index contributed by atoms with van der Waals surface area (Å²) in [5.74, 6) is -1.76. The Morgan fingerprint density at radius 3 is 2.39 bits per heavy atom. The predicted octanol–water partition coefficient (Wildman–Crippen LogP) is 0.580. The third-order valence-corrected chi connectivity index (χ3v) is 5.06. The summed E-state index contributed by atoms with van der Waals surface area (Å²) in [5, 5.41) is 24.1. The van der Waals surface area contributed by atoms with Gasteiger partial charge in [-0.2, -0.15) is 5.10 Å². The van der Waals surface area contributed by atoms with Gasteiger partial charge in [-0.15, -0.1) is 0 Å². The van der Waals surface area contributed by atoms with Crippen molar-refractivity contribution in [2.45, 2.75) is 39.7 Å². The van der Waals surface area contributed by atoms with Crippen LogP contribution in [0.4, 0.5) is 5.69 Å². The fourth-order valence-corrected chi connectivity index (χ4v) is 3.33. The second-order valence-electron chi connectivity index (χ2n) is 6.99. The Kier molecular flexibility index (Phi) is 6.71. The maximum absolute atomic E-state index is 12.3. The molecule has 0 aromatic carbocycles. The quantitative estimate of drug-likeness (QED) is 0.526. The van der Waals surface area contributed by atoms with Gasteiger partial charge < -0.3 is 14.9 Å². The molecular formula is C17H25N5O6. The SMILES string of the molecule is Cc1nn(CCC(=O)N(C)CC(=O)N2CCC(C(=O)O)CC2)c(C)c1[N+](=O)[O-]. The Bertz CT molecular complexity index is 781. The number of carbonyl (C=O) groups is 3. The molecule has 0 saturated carbocycles. The Labute approximate surface area is 162 Å². The third kappa shape index (κ3) is 4.84. The van der Waals surface area contributed by atoms with Crippen LogP contribution in [0.1, 0.15) is 30.7 Å². The number of carbonyl (C=O) groups excluding carboxylic acids is 2. The van der Waals surface area contributed by atoms with Crippen LogP contribution in [0.3, 0.4) is 0 Å². The van der Waals surface area contributed by atoms with Gasteiger partial charge in [0.15, 0.2) is 0 Å². The summed E-state index contributed by atoms with van der Waals surface area (Å²) >= 11 is 0. The molecule has 2 heterocycles. The van der Waals surface area contributed by atoms with Crippen LogP contribution in [0.15, 0.2) is 0 Å². The summed E-state index contributed by atoms with van der Waals surface area (Å²) < 4.78 is 1.43. The van der Waals surface area contributed by atoms with E-state index in [4.69, 9.17) is 5.11 Å². The van der Waals surface area contributed by atoms with Crippen LogP contribution >= 0.6 is 0 Å². The van der Waals surface area contributed by atoms with Gasteiger partial charge in [0.05, 0.1) is 23.9 Å². The van der Waals surface area contributed by atoms with Crippen molar-refractivity contribution in [1.82, 2.24) is 19.6 Å². The number of amides is 2. The summed E-state index contributed by atoms with van der Waals surface area (Å²) in [6, 6.07) is 0. The molecule has 154 valence electrons. The molecule has 11 heteroatoms. The lowest BCUT2D eigenvalue weighted by Crippen LogP contribution is -2.45. The van der Waals surface area contributed by atoms with E-state index in [-0.39, 0.29) is 37.0 Å². The first-order valence-electron chi connectivity index (χ1n) is 9.04. The number of aryl methyl sites for hydroxylation is 2. The van der Waals surface area contributed by atoms with Gasteiger partial charge in [-0.05, 0) is 26.7 Å². The molecule has 0 unspecified atom stereocenters. The highest BCUT2D eigenvalue weighted by Crippen LogP contribution is 2.22. The average Bonchev–Trinajstić information content (AvgIpc) is 2.93. The standard InChI is InChI=1S/C17H25N5O6/c1-11-16(22(27)28)12(2)21(18-11)9-6-14(23)19(3)10-15(24)20-7-4-13(5-8-20)17(25)26/h13H,4-10H2,1-3H3,(H,25,26). The molecule has 0 radical (unpaired) electrons. The van der Waals surface area contributed by atoms with Crippen molar-refractivity contribution in [3.63, 3.8) is 0 Å². The minimum absolute atomic E-state index is 0.0549. The van der Waals surface area contributed by atoms with E-state index in [1.54, 1.807) is 18.7 Å². The molecule has 0 spiro atoms. The average molecular weight is 395 g/mol. The minimum atomic E-state index is -0.844. The molecule has 1 aromatic rings. The van der Waals surface area contributed by atoms with Gasteiger partial charge >= 0.3 is 11.7 Å². The second kappa shape index (κ2) is 8.81. The van der Waals surface area contributed by atoms with E-state index < -0.39 is 16.8 Å². The Morgan fingerprint density at radius 2 is 1.89 bits per heavy atom. The van der Waals surface area contributed by atoms with Gasteiger partial charge in [-0.1, -0.05) is 0 Å². The monoisotopic (exact) mass is 395 g/mol. The Balaban J connectivity index is 1.85. The molecule has 1 N–H and O–H groups in total. The normalized spacial score (nSPS) is 14.8.